The predicted octanol–water partition coefficient (Wildman–Crippen LogP) is 3.21. The fourth-order valence-corrected chi connectivity index (χ4v) is 2.83. The van der Waals surface area contributed by atoms with Gasteiger partial charge in [-0.1, -0.05) is 49.4 Å². The molecule has 2 aromatic carbocycles. The summed E-state index contributed by atoms with van der Waals surface area (Å²) in [6.45, 7) is 4.27. The number of hydrogen-bond acceptors (Lipinski definition) is 3. The lowest BCUT2D eigenvalue weighted by Gasteiger charge is -2.22. The fourth-order valence-electron chi connectivity index (χ4n) is 2.83. The van der Waals surface area contributed by atoms with Crippen LogP contribution in [0.25, 0.3) is 0 Å². The number of amides is 3. The van der Waals surface area contributed by atoms with Crippen molar-refractivity contribution in [2.75, 3.05) is 31.5 Å². The van der Waals surface area contributed by atoms with Crippen molar-refractivity contribution in [3.8, 4) is 0 Å². The first kappa shape index (κ1) is 24.5. The molecule has 0 unspecified atom stereocenters. The number of halogens is 1. The maximum atomic E-state index is 12.7. The van der Waals surface area contributed by atoms with Crippen molar-refractivity contribution in [2.45, 2.75) is 26.2 Å². The van der Waals surface area contributed by atoms with Gasteiger partial charge in [-0.25, -0.2) is 4.79 Å². The highest BCUT2D eigenvalue weighted by Crippen LogP contribution is 2.11. The topological polar surface area (TPSA) is 87.5 Å². The van der Waals surface area contributed by atoms with Crippen molar-refractivity contribution >= 4 is 30.0 Å². The third-order valence-electron chi connectivity index (χ3n) is 4.37. The van der Waals surface area contributed by atoms with Crippen LogP contribution in [0.1, 0.15) is 24.5 Å². The van der Waals surface area contributed by atoms with Gasteiger partial charge in [-0.2, -0.15) is 0 Å². The van der Waals surface area contributed by atoms with E-state index >= 15 is 0 Å². The smallest absolute Gasteiger partial charge is 0.319 e. The molecule has 0 atom stereocenters. The molecule has 0 spiro atoms. The zero-order valence-electron chi connectivity index (χ0n) is 16.9. The van der Waals surface area contributed by atoms with Crippen LogP contribution in [0.3, 0.4) is 0 Å². The van der Waals surface area contributed by atoms with Crippen molar-refractivity contribution in [3.63, 3.8) is 0 Å². The Kier molecular flexibility index (Phi) is 11.5. The van der Waals surface area contributed by atoms with Crippen molar-refractivity contribution in [2.24, 2.45) is 5.73 Å². The lowest BCUT2D eigenvalue weighted by atomic mass is 10.1. The van der Waals surface area contributed by atoms with Crippen molar-refractivity contribution in [1.82, 2.24) is 10.2 Å². The Balaban J connectivity index is 0.00000420. The normalized spacial score (nSPS) is 10.0. The summed E-state index contributed by atoms with van der Waals surface area (Å²) >= 11 is 0. The van der Waals surface area contributed by atoms with Crippen LogP contribution in [0.4, 0.5) is 10.5 Å². The number of urea groups is 1. The minimum atomic E-state index is -0.222. The van der Waals surface area contributed by atoms with Crippen LogP contribution in [0.2, 0.25) is 0 Å². The van der Waals surface area contributed by atoms with E-state index < -0.39 is 0 Å². The van der Waals surface area contributed by atoms with Gasteiger partial charge in [0, 0.05) is 31.9 Å². The maximum absolute atomic E-state index is 12.7. The molecule has 0 radical (unpaired) electrons. The molecule has 0 aromatic heterocycles. The standard InChI is InChI=1S/C22H30N4O2.ClH/c1-2-14-24-22(28)25-20-10-8-19(9-11-20)17-21(27)26(16-13-23)15-12-18-6-4-3-5-7-18;/h3-11H,2,12-17,23H2,1H3,(H2,24,25,28);1H. The van der Waals surface area contributed by atoms with Crippen molar-refractivity contribution in [1.29, 1.82) is 0 Å². The molecule has 0 aliphatic rings. The van der Waals surface area contributed by atoms with Crippen LogP contribution in [0.15, 0.2) is 54.6 Å². The van der Waals surface area contributed by atoms with E-state index in [9.17, 15) is 9.59 Å². The second-order valence-corrected chi connectivity index (χ2v) is 6.66. The molecule has 0 aliphatic heterocycles. The molecule has 2 aromatic rings. The molecule has 29 heavy (non-hydrogen) atoms. The second-order valence-electron chi connectivity index (χ2n) is 6.66. The van der Waals surface area contributed by atoms with Gasteiger partial charge in [0.05, 0.1) is 6.42 Å². The number of benzene rings is 2. The molecule has 0 fully saturated rings. The molecule has 6 nitrogen and oxygen atoms in total. The van der Waals surface area contributed by atoms with Crippen LogP contribution in [0, 0.1) is 0 Å². The van der Waals surface area contributed by atoms with E-state index in [1.54, 1.807) is 0 Å². The van der Waals surface area contributed by atoms with Gasteiger partial charge >= 0.3 is 6.03 Å². The minimum Gasteiger partial charge on any atom is -0.341 e. The zero-order chi connectivity index (χ0) is 20.2. The lowest BCUT2D eigenvalue weighted by Crippen LogP contribution is -2.37. The number of nitrogens with two attached hydrogens (primary N) is 1. The van der Waals surface area contributed by atoms with Crippen LogP contribution in [0.5, 0.6) is 0 Å². The highest BCUT2D eigenvalue weighted by molar-refractivity contribution is 5.89. The van der Waals surface area contributed by atoms with E-state index in [0.29, 0.717) is 38.3 Å². The highest BCUT2D eigenvalue weighted by Gasteiger charge is 2.13. The Bertz CT molecular complexity index is 738. The summed E-state index contributed by atoms with van der Waals surface area (Å²) in [5, 5.41) is 5.54. The molecule has 158 valence electrons. The van der Waals surface area contributed by atoms with Crippen molar-refractivity contribution < 1.29 is 9.59 Å². The number of carbonyl (C=O) groups is 2. The molecule has 2 rings (SSSR count). The largest absolute Gasteiger partial charge is 0.341 e. The first-order chi connectivity index (χ1) is 13.6. The molecule has 3 amide bonds. The van der Waals surface area contributed by atoms with Gasteiger partial charge < -0.3 is 21.3 Å². The summed E-state index contributed by atoms with van der Waals surface area (Å²) in [5.41, 5.74) is 8.50. The summed E-state index contributed by atoms with van der Waals surface area (Å²) in [4.78, 5) is 26.2. The number of nitrogens with zero attached hydrogens (tertiary/aromatic N) is 1. The molecule has 0 saturated carbocycles. The molecular weight excluding hydrogens is 388 g/mol. The summed E-state index contributed by atoms with van der Waals surface area (Å²) < 4.78 is 0. The monoisotopic (exact) mass is 418 g/mol. The minimum absolute atomic E-state index is 0. The highest BCUT2D eigenvalue weighted by atomic mass is 35.5. The summed E-state index contributed by atoms with van der Waals surface area (Å²) in [6, 6.07) is 17.2. The molecule has 7 heteroatoms. The number of hydrogen-bond donors (Lipinski definition) is 3. The van der Waals surface area contributed by atoms with E-state index in [1.807, 2.05) is 54.3 Å². The van der Waals surface area contributed by atoms with Crippen LogP contribution in [-0.2, 0) is 17.6 Å². The Morgan fingerprint density at radius 1 is 0.966 bits per heavy atom. The third kappa shape index (κ3) is 8.98. The Labute approximate surface area is 179 Å². The average molecular weight is 419 g/mol. The molecule has 0 aliphatic carbocycles. The first-order valence-electron chi connectivity index (χ1n) is 9.78. The predicted molar refractivity (Wildman–Crippen MR) is 120 cm³/mol. The van der Waals surface area contributed by atoms with E-state index in [4.69, 9.17) is 5.73 Å². The lowest BCUT2D eigenvalue weighted by molar-refractivity contribution is -0.130. The number of anilines is 1. The molecule has 0 bridgehead atoms. The van der Waals surface area contributed by atoms with Gasteiger partial charge in [-0.3, -0.25) is 4.79 Å². The van der Waals surface area contributed by atoms with Crippen LogP contribution in [-0.4, -0.2) is 43.0 Å². The van der Waals surface area contributed by atoms with E-state index in [-0.39, 0.29) is 24.3 Å². The van der Waals surface area contributed by atoms with Gasteiger partial charge in [0.1, 0.15) is 0 Å². The fraction of sp³-hybridized carbons (Fsp3) is 0.364. The van der Waals surface area contributed by atoms with E-state index in [1.165, 1.54) is 5.56 Å². The molecule has 0 saturated heterocycles. The number of carbonyl (C=O) groups excluding carboxylic acids is 2. The van der Waals surface area contributed by atoms with Gasteiger partial charge in [-0.05, 0) is 36.1 Å². The van der Waals surface area contributed by atoms with Gasteiger partial charge in [0.25, 0.3) is 0 Å². The molecule has 4 N–H and O–H groups in total. The Morgan fingerprint density at radius 2 is 1.66 bits per heavy atom. The third-order valence-corrected chi connectivity index (χ3v) is 4.37. The number of nitrogens with one attached hydrogen (secondary N) is 2. The summed E-state index contributed by atoms with van der Waals surface area (Å²) in [7, 11) is 0. The summed E-state index contributed by atoms with van der Waals surface area (Å²) in [5.74, 6) is 0.0581. The van der Waals surface area contributed by atoms with Gasteiger partial charge in [0.15, 0.2) is 0 Å². The number of rotatable bonds is 10. The summed E-state index contributed by atoms with van der Waals surface area (Å²) in [6.07, 6.45) is 2.01. The van der Waals surface area contributed by atoms with Crippen LogP contribution >= 0.6 is 12.4 Å². The first-order valence-corrected chi connectivity index (χ1v) is 9.78. The zero-order valence-corrected chi connectivity index (χ0v) is 17.7. The quantitative estimate of drug-likeness (QED) is 0.553. The van der Waals surface area contributed by atoms with Crippen molar-refractivity contribution in [3.05, 3.63) is 65.7 Å². The molecular formula is C22H31ClN4O2. The molecule has 0 heterocycles. The van der Waals surface area contributed by atoms with Gasteiger partial charge in [-0.15, -0.1) is 12.4 Å². The van der Waals surface area contributed by atoms with Gasteiger partial charge in [0.2, 0.25) is 5.91 Å². The second kappa shape index (κ2) is 13.6. The Morgan fingerprint density at radius 3 is 2.28 bits per heavy atom. The van der Waals surface area contributed by atoms with E-state index in [0.717, 1.165) is 18.4 Å². The maximum Gasteiger partial charge on any atom is 0.319 e. The SMILES string of the molecule is CCCNC(=O)Nc1ccc(CC(=O)N(CCN)CCc2ccccc2)cc1.Cl. The Hall–Kier alpha value is -2.57. The average Bonchev–Trinajstić information content (AvgIpc) is 2.71. The van der Waals surface area contributed by atoms with Crippen LogP contribution < -0.4 is 16.4 Å². The van der Waals surface area contributed by atoms with E-state index in [2.05, 4.69) is 22.8 Å².